The van der Waals surface area contributed by atoms with E-state index in [1.54, 1.807) is 0 Å². The lowest BCUT2D eigenvalue weighted by Crippen LogP contribution is -2.05. The van der Waals surface area contributed by atoms with Crippen LogP contribution in [0.4, 0.5) is 11.4 Å². The molecule has 4 N–H and O–H groups in total. The fourth-order valence-corrected chi connectivity index (χ4v) is 6.30. The first-order valence-electron chi connectivity index (χ1n) is 15.3. The molecule has 6 aromatic rings. The molecule has 0 fully saturated rings. The van der Waals surface area contributed by atoms with Crippen LogP contribution in [0.2, 0.25) is 0 Å². The van der Waals surface area contributed by atoms with Crippen molar-refractivity contribution in [1.29, 1.82) is 0 Å². The molecule has 0 unspecified atom stereocenters. The van der Waals surface area contributed by atoms with E-state index in [2.05, 4.69) is 151 Å². The first kappa shape index (κ1) is 29.0. The van der Waals surface area contributed by atoms with Crippen LogP contribution in [0, 0.1) is 41.5 Å². The maximum absolute atomic E-state index is 7.24. The topological polar surface area (TPSA) is 52.0 Å². The number of nitrogen functional groups attached to an aromatic ring is 2. The molecule has 0 bridgehead atoms. The summed E-state index contributed by atoms with van der Waals surface area (Å²) in [6.07, 6.45) is 0. The van der Waals surface area contributed by atoms with Crippen molar-refractivity contribution in [3.63, 3.8) is 0 Å². The quantitative estimate of drug-likeness (QED) is 0.202. The predicted octanol–water partition coefficient (Wildman–Crippen LogP) is 11.0. The Hall–Kier alpha value is -5.08. The summed E-state index contributed by atoms with van der Waals surface area (Å²) in [5, 5.41) is 0. The summed E-state index contributed by atoms with van der Waals surface area (Å²) in [6, 6.07) is 39.4. The van der Waals surface area contributed by atoms with Crippen molar-refractivity contribution in [2.75, 3.05) is 11.5 Å². The first-order chi connectivity index (χ1) is 21.1. The number of nitrogens with two attached hydrogens (primary N) is 2. The highest BCUT2D eigenvalue weighted by atomic mass is 14.6. The molecule has 2 nitrogen and oxygen atoms in total. The third-order valence-electron chi connectivity index (χ3n) is 8.94. The molecule has 0 atom stereocenters. The molecule has 44 heavy (non-hydrogen) atoms. The average Bonchev–Trinajstić information content (AvgIpc) is 3.02. The Kier molecular flexibility index (Phi) is 7.61. The second-order valence-corrected chi connectivity index (χ2v) is 12.2. The van der Waals surface area contributed by atoms with Crippen LogP contribution < -0.4 is 11.5 Å². The van der Waals surface area contributed by atoms with E-state index in [4.69, 9.17) is 11.5 Å². The largest absolute Gasteiger partial charge is 0.398 e. The van der Waals surface area contributed by atoms with Gasteiger partial charge in [-0.2, -0.15) is 0 Å². The lowest BCUT2D eigenvalue weighted by molar-refractivity contribution is 1.40. The summed E-state index contributed by atoms with van der Waals surface area (Å²) < 4.78 is 0. The highest BCUT2D eigenvalue weighted by Gasteiger charge is 2.27. The zero-order chi connectivity index (χ0) is 31.1. The zero-order valence-corrected chi connectivity index (χ0v) is 26.5. The fraction of sp³-hybridized carbons (Fsp3) is 0.143. The predicted molar refractivity (Wildman–Crippen MR) is 191 cm³/mol. The van der Waals surface area contributed by atoms with E-state index in [1.807, 2.05) is 0 Å². The second-order valence-electron chi connectivity index (χ2n) is 12.2. The van der Waals surface area contributed by atoms with Gasteiger partial charge in [-0.15, -0.1) is 0 Å². The lowest BCUT2D eigenvalue weighted by atomic mass is 9.77. The van der Waals surface area contributed by atoms with Crippen LogP contribution in [0.25, 0.3) is 55.6 Å². The van der Waals surface area contributed by atoms with Crippen LogP contribution in [0.15, 0.2) is 109 Å². The minimum Gasteiger partial charge on any atom is -0.398 e. The lowest BCUT2D eigenvalue weighted by Gasteiger charge is -2.27. The maximum Gasteiger partial charge on any atom is 0.0436 e. The smallest absolute Gasteiger partial charge is 0.0436 e. The average molecular weight is 573 g/mol. The van der Waals surface area contributed by atoms with Crippen LogP contribution in [0.1, 0.15) is 33.4 Å². The molecule has 0 aliphatic heterocycles. The highest BCUT2D eigenvalue weighted by Crippen LogP contribution is 2.53. The standard InChI is InChI=1S/C42H40N2/c1-25-7-15-31(16-8-25)37-29(5)36(43)24-23-35(37)41-38(32-17-9-26(2)10-18-32)30(6)42(44)40(34-21-13-28(4)14-22-34)39(41)33-19-11-27(3)12-20-33/h7-24H,43-44H2,1-6H3. The normalized spacial score (nSPS) is 11.1. The van der Waals surface area contributed by atoms with E-state index < -0.39 is 0 Å². The summed E-state index contributed by atoms with van der Waals surface area (Å²) in [5.74, 6) is 0. The van der Waals surface area contributed by atoms with Crippen LogP contribution in [-0.4, -0.2) is 0 Å². The summed E-state index contributed by atoms with van der Waals surface area (Å²) in [6.45, 7) is 12.8. The maximum atomic E-state index is 7.24. The third-order valence-corrected chi connectivity index (χ3v) is 8.94. The molecular weight excluding hydrogens is 532 g/mol. The van der Waals surface area contributed by atoms with E-state index in [0.29, 0.717) is 0 Å². The van der Waals surface area contributed by atoms with Crippen molar-refractivity contribution < 1.29 is 0 Å². The first-order valence-corrected chi connectivity index (χ1v) is 15.3. The number of rotatable bonds is 5. The van der Waals surface area contributed by atoms with Gasteiger partial charge in [-0.1, -0.05) is 125 Å². The van der Waals surface area contributed by atoms with E-state index in [9.17, 15) is 0 Å². The van der Waals surface area contributed by atoms with Gasteiger partial charge in [0, 0.05) is 22.5 Å². The fourth-order valence-electron chi connectivity index (χ4n) is 6.30. The summed E-state index contributed by atoms with van der Waals surface area (Å²) >= 11 is 0. The van der Waals surface area contributed by atoms with Gasteiger partial charge in [0.15, 0.2) is 0 Å². The number of aryl methyl sites for hydroxylation is 4. The van der Waals surface area contributed by atoms with Gasteiger partial charge in [0.05, 0.1) is 0 Å². The van der Waals surface area contributed by atoms with Gasteiger partial charge in [0.2, 0.25) is 0 Å². The molecule has 0 radical (unpaired) electrons. The molecule has 2 heteroatoms. The molecule has 0 saturated carbocycles. The minimum absolute atomic E-state index is 0.782. The van der Waals surface area contributed by atoms with Crippen molar-refractivity contribution in [2.24, 2.45) is 0 Å². The van der Waals surface area contributed by atoms with Crippen molar-refractivity contribution >= 4 is 11.4 Å². The van der Waals surface area contributed by atoms with E-state index in [-0.39, 0.29) is 0 Å². The summed E-state index contributed by atoms with van der Waals surface area (Å²) in [7, 11) is 0. The number of hydrogen-bond donors (Lipinski definition) is 2. The molecule has 6 aromatic carbocycles. The Morgan fingerprint density at radius 3 is 1.11 bits per heavy atom. The molecule has 6 rings (SSSR count). The van der Waals surface area contributed by atoms with Crippen molar-refractivity contribution in [2.45, 2.75) is 41.5 Å². The van der Waals surface area contributed by atoms with Crippen LogP contribution in [0.3, 0.4) is 0 Å². The Morgan fingerprint density at radius 1 is 0.318 bits per heavy atom. The monoisotopic (exact) mass is 572 g/mol. The number of anilines is 2. The molecule has 0 aliphatic carbocycles. The van der Waals surface area contributed by atoms with Gasteiger partial charge in [0.1, 0.15) is 0 Å². The van der Waals surface area contributed by atoms with Crippen LogP contribution in [0.5, 0.6) is 0 Å². The highest BCUT2D eigenvalue weighted by molar-refractivity contribution is 6.10. The Bertz CT molecular complexity index is 1980. The SMILES string of the molecule is Cc1ccc(-c2c(-c3c(-c4ccc(C)cc4)c(C)c(N)c(-c4ccc(C)cc4)c3-c3ccc(C)cc3)ccc(N)c2C)cc1. The van der Waals surface area contributed by atoms with Crippen molar-refractivity contribution in [3.05, 3.63) is 143 Å². The van der Waals surface area contributed by atoms with Crippen molar-refractivity contribution in [1.82, 2.24) is 0 Å². The van der Waals surface area contributed by atoms with Crippen molar-refractivity contribution in [3.8, 4) is 55.6 Å². The Labute approximate surface area is 262 Å². The molecule has 218 valence electrons. The van der Waals surface area contributed by atoms with Gasteiger partial charge in [-0.3, -0.25) is 0 Å². The zero-order valence-electron chi connectivity index (χ0n) is 26.5. The molecule has 0 spiro atoms. The van der Waals surface area contributed by atoms with E-state index >= 15 is 0 Å². The van der Waals surface area contributed by atoms with Gasteiger partial charge in [-0.05, 0) is 103 Å². The summed E-state index contributed by atoms with van der Waals surface area (Å²) in [5.41, 5.74) is 33.8. The molecule has 0 amide bonds. The molecular formula is C42H40N2. The third kappa shape index (κ3) is 5.18. The molecule has 0 saturated heterocycles. The van der Waals surface area contributed by atoms with Gasteiger partial charge in [0.25, 0.3) is 0 Å². The van der Waals surface area contributed by atoms with E-state index in [1.165, 1.54) is 27.8 Å². The van der Waals surface area contributed by atoms with Crippen LogP contribution >= 0.6 is 0 Å². The van der Waals surface area contributed by atoms with E-state index in [0.717, 1.165) is 72.6 Å². The number of benzene rings is 6. The molecule has 0 heterocycles. The summed E-state index contributed by atoms with van der Waals surface area (Å²) in [4.78, 5) is 0. The van der Waals surface area contributed by atoms with Gasteiger partial charge in [-0.25, -0.2) is 0 Å². The second kappa shape index (κ2) is 11.5. The minimum atomic E-state index is 0.782. The van der Waals surface area contributed by atoms with Gasteiger partial charge >= 0.3 is 0 Å². The molecule has 0 aromatic heterocycles. The number of hydrogen-bond acceptors (Lipinski definition) is 2. The van der Waals surface area contributed by atoms with Crippen LogP contribution in [-0.2, 0) is 0 Å². The van der Waals surface area contributed by atoms with Gasteiger partial charge < -0.3 is 11.5 Å². The molecule has 0 aliphatic rings. The Morgan fingerprint density at radius 2 is 0.682 bits per heavy atom. The Balaban J connectivity index is 1.86.